The number of aromatic hydroxyl groups is 1. The molecule has 1 saturated heterocycles. The van der Waals surface area contributed by atoms with Crippen LogP contribution in [0.1, 0.15) is 19.8 Å². The molecule has 2 heterocycles. The number of hydrogen-bond acceptors (Lipinski definition) is 6. The molecule has 1 aliphatic carbocycles. The average molecular weight is 562 g/mol. The van der Waals surface area contributed by atoms with Crippen LogP contribution in [0.5, 0.6) is 5.75 Å². The summed E-state index contributed by atoms with van der Waals surface area (Å²) < 4.78 is 16.5. The number of nitrogens with zero attached hydrogens (tertiary/aromatic N) is 5. The predicted octanol–water partition coefficient (Wildman–Crippen LogP) is 5.25. The van der Waals surface area contributed by atoms with Crippen LogP contribution in [0.4, 0.5) is 10.2 Å². The van der Waals surface area contributed by atoms with Crippen molar-refractivity contribution in [2.45, 2.75) is 19.8 Å². The topological polar surface area (TPSA) is 91.0 Å². The Morgan fingerprint density at radius 1 is 1.23 bits per heavy atom. The highest BCUT2D eigenvalue weighted by molar-refractivity contribution is 6.34. The summed E-state index contributed by atoms with van der Waals surface area (Å²) in [5, 5.41) is 11.3. The van der Waals surface area contributed by atoms with Crippen LogP contribution in [0.2, 0.25) is 5.02 Å². The van der Waals surface area contributed by atoms with Gasteiger partial charge in [-0.25, -0.2) is 9.18 Å². The van der Waals surface area contributed by atoms with E-state index >= 15 is 0 Å². The minimum atomic E-state index is -0.640. The number of rotatable bonds is 7. The molecule has 0 bridgehead atoms. The maximum atomic E-state index is 15.0. The van der Waals surface area contributed by atoms with Crippen molar-refractivity contribution in [1.82, 2.24) is 14.5 Å². The van der Waals surface area contributed by atoms with Crippen molar-refractivity contribution >= 4 is 46.6 Å². The largest absolute Gasteiger partial charge is 0.507 e. The lowest BCUT2D eigenvalue weighted by molar-refractivity contribution is -0.126. The van der Waals surface area contributed by atoms with E-state index in [1.807, 2.05) is 17.9 Å². The zero-order valence-electron chi connectivity index (χ0n) is 22.1. The van der Waals surface area contributed by atoms with E-state index in [4.69, 9.17) is 11.6 Å². The molecule has 1 aliphatic heterocycles. The second kappa shape index (κ2) is 11.1. The number of piperazine rings is 1. The van der Waals surface area contributed by atoms with E-state index in [-0.39, 0.29) is 33.7 Å². The van der Waals surface area contributed by atoms with Crippen LogP contribution in [0.15, 0.2) is 70.6 Å². The molecule has 0 radical (unpaired) electrons. The number of aromatic nitrogens is 2. The number of amides is 1. The molecule has 0 atom stereocenters. The third-order valence-corrected chi connectivity index (χ3v) is 7.73. The van der Waals surface area contributed by atoms with Gasteiger partial charge in [-0.1, -0.05) is 24.2 Å². The van der Waals surface area contributed by atoms with Gasteiger partial charge in [-0.15, -0.1) is 0 Å². The highest BCUT2D eigenvalue weighted by atomic mass is 35.5. The first-order valence-corrected chi connectivity index (χ1v) is 13.4. The normalized spacial score (nSPS) is 16.4. The van der Waals surface area contributed by atoms with E-state index in [2.05, 4.69) is 23.3 Å². The molecule has 1 saturated carbocycles. The third kappa shape index (κ3) is 5.04. The Morgan fingerprint density at radius 2 is 1.95 bits per heavy atom. The molecule has 40 heavy (non-hydrogen) atoms. The van der Waals surface area contributed by atoms with Gasteiger partial charge in [-0.2, -0.15) is 4.98 Å². The zero-order valence-corrected chi connectivity index (χ0v) is 22.9. The molecule has 3 aromatic rings. The van der Waals surface area contributed by atoms with E-state index in [9.17, 15) is 19.1 Å². The number of anilines is 1. The standard InChI is InChI=1S/C30H29ClFN5O3/c1-4-27(39)35-12-14-36(15-13-35)29-22-16-23(31)21(28-24(32)6-5-7-26(28)38)17-25(22)37(30(40)34-29)18(2)20(10-11-33-3)19-8-9-19/h4-7,10-11,16-17,19,38H,1,3,8-9,12-15H2,2H3/b11-10-,20-18-. The Balaban J connectivity index is 1.76. The number of halogens is 2. The van der Waals surface area contributed by atoms with Crippen molar-refractivity contribution in [3.05, 3.63) is 82.2 Å². The first-order valence-electron chi connectivity index (χ1n) is 13.0. The van der Waals surface area contributed by atoms with Crippen molar-refractivity contribution in [3.63, 3.8) is 0 Å². The summed E-state index contributed by atoms with van der Waals surface area (Å²) >= 11 is 6.72. The molecular weight excluding hydrogens is 533 g/mol. The molecular formula is C30H29ClFN5O3. The van der Waals surface area contributed by atoms with Gasteiger partial charge in [0.05, 0.1) is 11.1 Å². The van der Waals surface area contributed by atoms with E-state index in [0.717, 1.165) is 18.4 Å². The lowest BCUT2D eigenvalue weighted by Gasteiger charge is -2.35. The number of phenols is 1. The van der Waals surface area contributed by atoms with Crippen molar-refractivity contribution in [2.75, 3.05) is 31.1 Å². The number of benzene rings is 2. The molecule has 5 rings (SSSR count). The number of phenolic OH excluding ortho intramolecular Hbond substituents is 1. The monoisotopic (exact) mass is 561 g/mol. The highest BCUT2D eigenvalue weighted by Gasteiger charge is 2.29. The Bertz CT molecular complexity index is 1630. The van der Waals surface area contributed by atoms with Crippen LogP contribution < -0.4 is 10.6 Å². The maximum absolute atomic E-state index is 15.0. The zero-order chi connectivity index (χ0) is 28.6. The van der Waals surface area contributed by atoms with Gasteiger partial charge in [0, 0.05) is 54.0 Å². The Morgan fingerprint density at radius 3 is 2.58 bits per heavy atom. The number of carbonyl (C=O) groups is 1. The van der Waals surface area contributed by atoms with E-state index in [1.54, 1.807) is 23.2 Å². The lowest BCUT2D eigenvalue weighted by Crippen LogP contribution is -2.49. The minimum Gasteiger partial charge on any atom is -0.507 e. The van der Waals surface area contributed by atoms with E-state index < -0.39 is 11.5 Å². The number of carbonyl (C=O) groups excluding carboxylic acids is 1. The summed E-state index contributed by atoms with van der Waals surface area (Å²) in [7, 11) is 0. The summed E-state index contributed by atoms with van der Waals surface area (Å²) in [5.41, 5.74) is 1.77. The van der Waals surface area contributed by atoms with Gasteiger partial charge in [-0.05, 0) is 74.4 Å². The molecule has 1 aromatic heterocycles. The molecule has 2 aromatic carbocycles. The van der Waals surface area contributed by atoms with Crippen LogP contribution in [0, 0.1) is 11.7 Å². The average Bonchev–Trinajstić information content (AvgIpc) is 3.78. The summed E-state index contributed by atoms with van der Waals surface area (Å²) in [4.78, 5) is 37.8. The summed E-state index contributed by atoms with van der Waals surface area (Å²) in [6.45, 7) is 10.7. The number of hydrogen-bond donors (Lipinski definition) is 1. The predicted molar refractivity (Wildman–Crippen MR) is 157 cm³/mol. The molecule has 206 valence electrons. The molecule has 0 unspecified atom stereocenters. The van der Waals surface area contributed by atoms with Gasteiger partial charge >= 0.3 is 5.69 Å². The first kappa shape index (κ1) is 27.3. The van der Waals surface area contributed by atoms with Crippen LogP contribution in [0.25, 0.3) is 27.7 Å². The van der Waals surface area contributed by atoms with Crippen molar-refractivity contribution in [1.29, 1.82) is 0 Å². The van der Waals surface area contributed by atoms with Gasteiger partial charge < -0.3 is 14.9 Å². The summed E-state index contributed by atoms with van der Waals surface area (Å²) in [6, 6.07) is 7.32. The SMILES string of the molecule is C=CC(=O)N1CCN(c2nc(=O)n(/C(C)=C(/C=C\N=C)C3CC3)c3cc(-c4c(O)cccc4F)c(Cl)cc23)CC1. The molecule has 1 amide bonds. The molecule has 2 fully saturated rings. The first-order chi connectivity index (χ1) is 19.2. The van der Waals surface area contributed by atoms with Gasteiger partial charge in [0.1, 0.15) is 17.4 Å². The highest BCUT2D eigenvalue weighted by Crippen LogP contribution is 2.42. The number of aliphatic imine (C=N–C) groups is 1. The van der Waals surface area contributed by atoms with Gasteiger partial charge in [0.25, 0.3) is 0 Å². The van der Waals surface area contributed by atoms with E-state index in [0.29, 0.717) is 48.6 Å². The van der Waals surface area contributed by atoms with E-state index in [1.165, 1.54) is 28.8 Å². The van der Waals surface area contributed by atoms with Crippen molar-refractivity contribution in [3.8, 4) is 16.9 Å². The third-order valence-electron chi connectivity index (χ3n) is 7.42. The quantitative estimate of drug-likeness (QED) is 0.242. The van der Waals surface area contributed by atoms with Crippen LogP contribution in [0.3, 0.4) is 0 Å². The Labute approximate surface area is 236 Å². The molecule has 8 nitrogen and oxygen atoms in total. The second-order valence-electron chi connectivity index (χ2n) is 9.87. The van der Waals surface area contributed by atoms with Gasteiger partial charge in [0.15, 0.2) is 0 Å². The van der Waals surface area contributed by atoms with Crippen LogP contribution in [-0.4, -0.2) is 58.4 Å². The lowest BCUT2D eigenvalue weighted by atomic mass is 10.0. The fourth-order valence-corrected chi connectivity index (χ4v) is 5.50. The van der Waals surface area contributed by atoms with Gasteiger partial charge in [-0.3, -0.25) is 14.4 Å². The summed E-state index contributed by atoms with van der Waals surface area (Å²) in [6.07, 6.45) is 6.70. The molecule has 0 spiro atoms. The fourth-order valence-electron chi connectivity index (χ4n) is 5.24. The smallest absolute Gasteiger partial charge is 0.354 e. The van der Waals surface area contributed by atoms with Gasteiger partial charge in [0.2, 0.25) is 5.91 Å². The Kier molecular flexibility index (Phi) is 7.58. The van der Waals surface area contributed by atoms with Crippen molar-refractivity contribution in [2.24, 2.45) is 10.9 Å². The van der Waals surface area contributed by atoms with Crippen molar-refractivity contribution < 1.29 is 14.3 Å². The number of fused-ring (bicyclic) bond motifs is 1. The maximum Gasteiger partial charge on any atom is 0.354 e. The fraction of sp³-hybridized carbons (Fsp3) is 0.267. The second-order valence-corrected chi connectivity index (χ2v) is 10.3. The van der Waals surface area contributed by atoms with Crippen LogP contribution in [-0.2, 0) is 4.79 Å². The Hall–Kier alpha value is -4.24. The molecule has 2 aliphatic rings. The van der Waals surface area contributed by atoms with Crippen LogP contribution >= 0.6 is 11.6 Å². The number of allylic oxidation sites excluding steroid dienone is 3. The minimum absolute atomic E-state index is 0.0527. The molecule has 10 heteroatoms. The molecule has 1 N–H and O–H groups in total. The summed E-state index contributed by atoms with van der Waals surface area (Å²) in [5.74, 6) is -0.355.